The minimum absolute atomic E-state index is 0.0681. The second-order valence-electron chi connectivity index (χ2n) is 8.03. The molecule has 3 N–H and O–H groups in total. The third-order valence-corrected chi connectivity index (χ3v) is 4.24. The highest BCUT2D eigenvalue weighted by Gasteiger charge is 2.16. The highest BCUT2D eigenvalue weighted by atomic mass is 16.6. The Labute approximate surface area is 177 Å². The molecule has 0 saturated heterocycles. The molecule has 0 radical (unpaired) electrons. The highest BCUT2D eigenvalue weighted by Crippen LogP contribution is 2.22. The average Bonchev–Trinajstić information content (AvgIpc) is 2.64. The lowest BCUT2D eigenvalue weighted by Crippen LogP contribution is -2.34. The summed E-state index contributed by atoms with van der Waals surface area (Å²) in [7, 11) is 0. The molecule has 0 aliphatic carbocycles. The molecule has 0 aromatic heterocycles. The van der Waals surface area contributed by atoms with Crippen molar-refractivity contribution in [1.82, 2.24) is 5.32 Å². The standard InChI is InChI=1S/C23H29N3O4/c1-15-10-11-17(14-16(15)2)21(28)26-19-9-7-6-8-18(19)25-20(27)12-13-24-22(29)30-23(3,4)5/h6-11,14H,12-13H2,1-5H3,(H,24,29)(H,25,27)(H,26,28). The van der Waals surface area contributed by atoms with E-state index < -0.39 is 11.7 Å². The molecular weight excluding hydrogens is 382 g/mol. The number of para-hydroxylation sites is 2. The van der Waals surface area contributed by atoms with Crippen LogP contribution < -0.4 is 16.0 Å². The van der Waals surface area contributed by atoms with E-state index in [-0.39, 0.29) is 24.8 Å². The van der Waals surface area contributed by atoms with Gasteiger partial charge in [0.05, 0.1) is 11.4 Å². The number of hydrogen-bond donors (Lipinski definition) is 3. The molecule has 0 fully saturated rings. The molecule has 0 heterocycles. The Kier molecular flexibility index (Phi) is 7.58. The summed E-state index contributed by atoms with van der Waals surface area (Å²) in [5, 5.41) is 8.14. The Hall–Kier alpha value is -3.35. The van der Waals surface area contributed by atoms with Crippen LogP contribution in [0, 0.1) is 13.8 Å². The SMILES string of the molecule is Cc1ccc(C(=O)Nc2ccccc2NC(=O)CCNC(=O)OC(C)(C)C)cc1C. The van der Waals surface area contributed by atoms with Crippen molar-refractivity contribution in [3.05, 3.63) is 59.2 Å². The molecule has 0 spiro atoms. The number of anilines is 2. The van der Waals surface area contributed by atoms with Crippen molar-refractivity contribution in [1.29, 1.82) is 0 Å². The first-order valence-corrected chi connectivity index (χ1v) is 9.79. The van der Waals surface area contributed by atoms with Crippen LogP contribution in [0.2, 0.25) is 0 Å². The van der Waals surface area contributed by atoms with Crippen LogP contribution in [-0.2, 0) is 9.53 Å². The number of aryl methyl sites for hydroxylation is 2. The van der Waals surface area contributed by atoms with Crippen LogP contribution in [0.3, 0.4) is 0 Å². The van der Waals surface area contributed by atoms with Crippen molar-refractivity contribution in [3.8, 4) is 0 Å². The van der Waals surface area contributed by atoms with Gasteiger partial charge in [-0.2, -0.15) is 0 Å². The number of carbonyl (C=O) groups excluding carboxylic acids is 3. The van der Waals surface area contributed by atoms with Gasteiger partial charge in [0.15, 0.2) is 0 Å². The zero-order valence-electron chi connectivity index (χ0n) is 18.1. The predicted octanol–water partition coefficient (Wildman–Crippen LogP) is 4.41. The quantitative estimate of drug-likeness (QED) is 0.656. The van der Waals surface area contributed by atoms with E-state index in [1.807, 2.05) is 26.0 Å². The van der Waals surface area contributed by atoms with Crippen molar-refractivity contribution in [3.63, 3.8) is 0 Å². The molecule has 0 bridgehead atoms. The summed E-state index contributed by atoms with van der Waals surface area (Å²) in [4.78, 5) is 36.5. The molecule has 7 nitrogen and oxygen atoms in total. The number of rotatable bonds is 6. The van der Waals surface area contributed by atoms with Crippen molar-refractivity contribution >= 4 is 29.3 Å². The van der Waals surface area contributed by atoms with Gasteiger partial charge in [-0.25, -0.2) is 4.79 Å². The molecule has 2 aromatic rings. The Bertz CT molecular complexity index is 932. The van der Waals surface area contributed by atoms with Gasteiger partial charge in [0.1, 0.15) is 5.60 Å². The Morgan fingerprint density at radius 1 is 0.900 bits per heavy atom. The Morgan fingerprint density at radius 2 is 1.53 bits per heavy atom. The van der Waals surface area contributed by atoms with Crippen molar-refractivity contribution in [2.45, 2.75) is 46.6 Å². The van der Waals surface area contributed by atoms with Crippen LogP contribution in [0.25, 0.3) is 0 Å². The maximum Gasteiger partial charge on any atom is 0.407 e. The van der Waals surface area contributed by atoms with Gasteiger partial charge < -0.3 is 20.7 Å². The fraction of sp³-hybridized carbons (Fsp3) is 0.348. The largest absolute Gasteiger partial charge is 0.444 e. The van der Waals surface area contributed by atoms with Crippen LogP contribution in [0.4, 0.5) is 16.2 Å². The molecule has 0 aliphatic rings. The Balaban J connectivity index is 1.94. The maximum absolute atomic E-state index is 12.6. The second-order valence-corrected chi connectivity index (χ2v) is 8.03. The summed E-state index contributed by atoms with van der Waals surface area (Å²) in [6.07, 6.45) is -0.505. The topological polar surface area (TPSA) is 96.5 Å². The zero-order valence-corrected chi connectivity index (χ0v) is 18.1. The summed E-state index contributed by atoms with van der Waals surface area (Å²) >= 11 is 0. The minimum atomic E-state index is -0.598. The first-order chi connectivity index (χ1) is 14.0. The summed E-state index contributed by atoms with van der Waals surface area (Å²) in [6, 6.07) is 12.4. The summed E-state index contributed by atoms with van der Waals surface area (Å²) < 4.78 is 5.13. The number of hydrogen-bond acceptors (Lipinski definition) is 4. The van der Waals surface area contributed by atoms with E-state index in [0.29, 0.717) is 16.9 Å². The fourth-order valence-electron chi connectivity index (χ4n) is 2.58. The number of alkyl carbamates (subject to hydrolysis) is 1. The fourth-order valence-corrected chi connectivity index (χ4v) is 2.58. The van der Waals surface area contributed by atoms with Crippen LogP contribution >= 0.6 is 0 Å². The third kappa shape index (κ3) is 7.24. The molecule has 0 saturated carbocycles. The van der Waals surface area contributed by atoms with E-state index in [1.54, 1.807) is 51.1 Å². The molecule has 7 heteroatoms. The third-order valence-electron chi connectivity index (χ3n) is 4.24. The number of benzene rings is 2. The number of carbonyl (C=O) groups is 3. The molecule has 3 amide bonds. The second kappa shape index (κ2) is 9.91. The van der Waals surface area contributed by atoms with E-state index in [4.69, 9.17) is 4.74 Å². The van der Waals surface area contributed by atoms with Gasteiger partial charge in [-0.3, -0.25) is 9.59 Å². The lowest BCUT2D eigenvalue weighted by molar-refractivity contribution is -0.116. The monoisotopic (exact) mass is 411 g/mol. The number of amides is 3. The van der Waals surface area contributed by atoms with Gasteiger partial charge in [0.2, 0.25) is 5.91 Å². The van der Waals surface area contributed by atoms with Gasteiger partial charge in [-0.05, 0) is 70.0 Å². The first-order valence-electron chi connectivity index (χ1n) is 9.79. The molecule has 0 unspecified atom stereocenters. The van der Waals surface area contributed by atoms with Crippen LogP contribution in [0.15, 0.2) is 42.5 Å². The molecule has 2 aromatic carbocycles. The zero-order chi connectivity index (χ0) is 22.3. The van der Waals surface area contributed by atoms with E-state index >= 15 is 0 Å². The highest BCUT2D eigenvalue weighted by molar-refractivity contribution is 6.07. The average molecular weight is 412 g/mol. The number of nitrogens with one attached hydrogen (secondary N) is 3. The predicted molar refractivity (Wildman–Crippen MR) is 118 cm³/mol. The molecule has 2 rings (SSSR count). The molecule has 160 valence electrons. The summed E-state index contributed by atoms with van der Waals surface area (Å²) in [5.41, 5.74) is 3.06. The van der Waals surface area contributed by atoms with Gasteiger partial charge >= 0.3 is 6.09 Å². The van der Waals surface area contributed by atoms with E-state index in [0.717, 1.165) is 11.1 Å². The summed E-state index contributed by atoms with van der Waals surface area (Å²) in [6.45, 7) is 9.37. The number of ether oxygens (including phenoxy) is 1. The molecule has 30 heavy (non-hydrogen) atoms. The lowest BCUT2D eigenvalue weighted by atomic mass is 10.1. The normalized spacial score (nSPS) is 10.8. The van der Waals surface area contributed by atoms with Crippen molar-refractivity contribution in [2.75, 3.05) is 17.2 Å². The lowest BCUT2D eigenvalue weighted by Gasteiger charge is -2.19. The molecule has 0 atom stereocenters. The minimum Gasteiger partial charge on any atom is -0.444 e. The first kappa shape index (κ1) is 22.9. The van der Waals surface area contributed by atoms with E-state index in [9.17, 15) is 14.4 Å². The smallest absolute Gasteiger partial charge is 0.407 e. The van der Waals surface area contributed by atoms with E-state index in [1.165, 1.54) is 0 Å². The Morgan fingerprint density at radius 3 is 2.13 bits per heavy atom. The van der Waals surface area contributed by atoms with Crippen molar-refractivity contribution < 1.29 is 19.1 Å². The maximum atomic E-state index is 12.6. The van der Waals surface area contributed by atoms with Gasteiger partial charge in [-0.15, -0.1) is 0 Å². The molecular formula is C23H29N3O4. The van der Waals surface area contributed by atoms with Crippen LogP contribution in [-0.4, -0.2) is 30.1 Å². The van der Waals surface area contributed by atoms with Crippen LogP contribution in [0.1, 0.15) is 48.7 Å². The van der Waals surface area contributed by atoms with Gasteiger partial charge in [0.25, 0.3) is 5.91 Å². The van der Waals surface area contributed by atoms with Gasteiger partial charge in [-0.1, -0.05) is 18.2 Å². The van der Waals surface area contributed by atoms with Gasteiger partial charge in [0, 0.05) is 18.5 Å². The summed E-state index contributed by atoms with van der Waals surface area (Å²) in [5.74, 6) is -0.551. The van der Waals surface area contributed by atoms with E-state index in [2.05, 4.69) is 16.0 Å². The van der Waals surface area contributed by atoms with Crippen LogP contribution in [0.5, 0.6) is 0 Å². The van der Waals surface area contributed by atoms with Crippen molar-refractivity contribution in [2.24, 2.45) is 0 Å². The molecule has 0 aliphatic heterocycles.